The highest BCUT2D eigenvalue weighted by Gasteiger charge is 2.14. The molecule has 4 rings (SSSR count). The summed E-state index contributed by atoms with van der Waals surface area (Å²) in [6, 6.07) is 0. The van der Waals surface area contributed by atoms with Crippen molar-refractivity contribution in [3.8, 4) is 0 Å². The molecule has 0 fully saturated rings. The Labute approximate surface area is 115 Å². The minimum absolute atomic E-state index is 0.709. The third kappa shape index (κ3) is 1.48. The largest absolute Gasteiger partial charge is 0.258 e. The second kappa shape index (κ2) is 3.93. The van der Waals surface area contributed by atoms with E-state index in [4.69, 9.17) is 0 Å². The molecule has 8 heteroatoms. The van der Waals surface area contributed by atoms with Crippen LogP contribution in [0.5, 0.6) is 0 Å². The van der Waals surface area contributed by atoms with E-state index >= 15 is 0 Å². The van der Waals surface area contributed by atoms with Crippen LogP contribution in [-0.4, -0.2) is 45.6 Å². The van der Waals surface area contributed by atoms with Gasteiger partial charge in [-0.1, -0.05) is 0 Å². The minimum Gasteiger partial charge on any atom is -0.258 e. The van der Waals surface area contributed by atoms with Crippen LogP contribution < -0.4 is 11.2 Å². The van der Waals surface area contributed by atoms with Crippen LogP contribution in [0.25, 0.3) is 33.1 Å². The van der Waals surface area contributed by atoms with Gasteiger partial charge in [-0.15, -0.1) is 0 Å². The van der Waals surface area contributed by atoms with Crippen molar-refractivity contribution in [3.63, 3.8) is 0 Å². The van der Waals surface area contributed by atoms with Crippen molar-refractivity contribution < 1.29 is 0 Å². The number of fused-ring (bicyclic) bond motifs is 6. The van der Waals surface area contributed by atoms with Gasteiger partial charge in [0.25, 0.3) is 0 Å². The van der Waals surface area contributed by atoms with Gasteiger partial charge in [-0.25, -0.2) is 0 Å². The summed E-state index contributed by atoms with van der Waals surface area (Å²) < 4.78 is 0. The number of nitrogens with zero attached hydrogens (tertiary/aromatic N) is 6. The summed E-state index contributed by atoms with van der Waals surface area (Å²) in [6.45, 7) is 0. The molecule has 6 nitrogen and oxygen atoms in total. The Bertz CT molecular complexity index is 907. The first-order valence-electron chi connectivity index (χ1n) is 6.23. The highest BCUT2D eigenvalue weighted by molar-refractivity contribution is 6.32. The lowest BCUT2D eigenvalue weighted by Crippen LogP contribution is -2.13. The zero-order chi connectivity index (χ0) is 13.7. The highest BCUT2D eigenvalue weighted by Crippen LogP contribution is 2.26. The fourth-order valence-corrected chi connectivity index (χ4v) is 2.32. The van der Waals surface area contributed by atoms with Crippen molar-refractivity contribution >= 4 is 60.0 Å². The van der Waals surface area contributed by atoms with E-state index in [1.807, 2.05) is 15.7 Å². The van der Waals surface area contributed by atoms with Gasteiger partial charge in [0, 0.05) is 36.0 Å². The Morgan fingerprint density at radius 1 is 0.550 bits per heavy atom. The number of aromatic nitrogens is 6. The van der Waals surface area contributed by atoms with E-state index in [2.05, 4.69) is 29.9 Å². The molecule has 4 aromatic rings. The van der Waals surface area contributed by atoms with Gasteiger partial charge in [0.1, 0.15) is 33.1 Å². The molecular weight excluding hydrogens is 250 g/mol. The lowest BCUT2D eigenvalue weighted by atomic mass is 10.0. The summed E-state index contributed by atoms with van der Waals surface area (Å²) in [5, 5.41) is 0. The Hall–Kier alpha value is -2.63. The third-order valence-electron chi connectivity index (χ3n) is 3.16. The predicted octanol–water partition coefficient (Wildman–Crippen LogP) is -1.97. The Morgan fingerprint density at radius 2 is 0.950 bits per heavy atom. The van der Waals surface area contributed by atoms with Gasteiger partial charge in [-0.2, -0.15) is 0 Å². The van der Waals surface area contributed by atoms with E-state index in [-0.39, 0.29) is 0 Å². The molecule has 20 heavy (non-hydrogen) atoms. The van der Waals surface area contributed by atoms with Crippen molar-refractivity contribution in [1.82, 2.24) is 29.9 Å². The molecule has 0 N–H and O–H groups in total. The van der Waals surface area contributed by atoms with Gasteiger partial charge >= 0.3 is 0 Å². The maximum atomic E-state index is 4.56. The van der Waals surface area contributed by atoms with Gasteiger partial charge in [0.2, 0.25) is 0 Å². The second-order valence-corrected chi connectivity index (χ2v) is 4.67. The minimum atomic E-state index is 0.709. The average molecular weight is 258 g/mol. The molecule has 0 atom stereocenters. The molecule has 0 saturated heterocycles. The summed E-state index contributed by atoms with van der Waals surface area (Å²) in [5.41, 5.74) is 5.97. The zero-order valence-electron chi connectivity index (χ0n) is 11.0. The molecular formula is C12H8B2N6. The van der Waals surface area contributed by atoms with E-state index in [0.717, 1.165) is 22.2 Å². The smallest absolute Gasteiger partial charge is 0.166 e. The summed E-state index contributed by atoms with van der Waals surface area (Å²) >= 11 is 0. The van der Waals surface area contributed by atoms with Crippen molar-refractivity contribution in [1.29, 1.82) is 0 Å². The van der Waals surface area contributed by atoms with E-state index in [0.29, 0.717) is 22.1 Å². The average Bonchev–Trinajstić information content (AvgIpc) is 2.47. The standard InChI is InChI=1S/C12H8B2N6/c13-5-3-17-9-7-8(16-2-1-15-7)10-12(11(9)19-5)20-6(14)4-18-10/h1-4H,13-14H2. The molecule has 3 aromatic heterocycles. The summed E-state index contributed by atoms with van der Waals surface area (Å²) in [6.07, 6.45) is 6.75. The van der Waals surface area contributed by atoms with Crippen molar-refractivity contribution in [2.24, 2.45) is 0 Å². The maximum absolute atomic E-state index is 4.56. The molecule has 0 aliphatic rings. The maximum Gasteiger partial charge on any atom is 0.166 e. The summed E-state index contributed by atoms with van der Waals surface area (Å²) in [4.78, 5) is 26.8. The lowest BCUT2D eigenvalue weighted by molar-refractivity contribution is 1.26. The monoisotopic (exact) mass is 258 g/mol. The quantitative estimate of drug-likeness (QED) is 0.269. The van der Waals surface area contributed by atoms with Crippen LogP contribution in [0.2, 0.25) is 0 Å². The lowest BCUT2D eigenvalue weighted by Gasteiger charge is -2.07. The first-order valence-corrected chi connectivity index (χ1v) is 6.23. The van der Waals surface area contributed by atoms with E-state index in [1.165, 1.54) is 0 Å². The van der Waals surface area contributed by atoms with Crippen LogP contribution in [0.15, 0.2) is 24.8 Å². The van der Waals surface area contributed by atoms with Gasteiger partial charge in [-0.05, 0) is 0 Å². The third-order valence-corrected chi connectivity index (χ3v) is 3.16. The Morgan fingerprint density at radius 3 is 1.40 bits per heavy atom. The van der Waals surface area contributed by atoms with Crippen LogP contribution in [0.1, 0.15) is 0 Å². The molecule has 0 saturated carbocycles. The molecule has 0 radical (unpaired) electrons. The molecule has 0 amide bonds. The molecule has 1 aromatic carbocycles. The van der Waals surface area contributed by atoms with Crippen LogP contribution in [0, 0.1) is 0 Å². The fraction of sp³-hybridized carbons (Fsp3) is 0. The first kappa shape index (κ1) is 11.2. The predicted molar refractivity (Wildman–Crippen MR) is 82.1 cm³/mol. The van der Waals surface area contributed by atoms with Crippen LogP contribution in [0.4, 0.5) is 0 Å². The Balaban J connectivity index is 2.41. The molecule has 0 unspecified atom stereocenters. The van der Waals surface area contributed by atoms with Gasteiger partial charge in [0.05, 0.1) is 0 Å². The molecule has 0 spiro atoms. The fourth-order valence-electron chi connectivity index (χ4n) is 2.32. The molecule has 0 aliphatic carbocycles. The number of hydrogen-bond acceptors (Lipinski definition) is 6. The number of hydrogen-bond donors (Lipinski definition) is 0. The number of rotatable bonds is 0. The first-order chi connectivity index (χ1) is 9.74. The topological polar surface area (TPSA) is 77.3 Å². The van der Waals surface area contributed by atoms with Crippen LogP contribution in [0.3, 0.4) is 0 Å². The second-order valence-electron chi connectivity index (χ2n) is 4.67. The van der Waals surface area contributed by atoms with Crippen molar-refractivity contribution in [3.05, 3.63) is 24.8 Å². The highest BCUT2D eigenvalue weighted by atomic mass is 14.9. The van der Waals surface area contributed by atoms with E-state index in [9.17, 15) is 0 Å². The van der Waals surface area contributed by atoms with E-state index < -0.39 is 0 Å². The van der Waals surface area contributed by atoms with Crippen LogP contribution >= 0.6 is 0 Å². The van der Waals surface area contributed by atoms with Crippen LogP contribution in [-0.2, 0) is 0 Å². The normalized spacial score (nSPS) is 11.4. The SMILES string of the molecule is Bc1cnc2c3nccnc3c3ncc(B)nc3c2n1. The van der Waals surface area contributed by atoms with Crippen molar-refractivity contribution in [2.45, 2.75) is 0 Å². The van der Waals surface area contributed by atoms with Gasteiger partial charge in [-0.3, -0.25) is 29.9 Å². The molecule has 0 bridgehead atoms. The van der Waals surface area contributed by atoms with Gasteiger partial charge < -0.3 is 0 Å². The summed E-state index contributed by atoms with van der Waals surface area (Å²) in [7, 11) is 3.81. The number of benzene rings is 1. The van der Waals surface area contributed by atoms with Crippen molar-refractivity contribution in [2.75, 3.05) is 0 Å². The van der Waals surface area contributed by atoms with E-state index in [1.54, 1.807) is 24.8 Å². The summed E-state index contributed by atoms with van der Waals surface area (Å²) in [5.74, 6) is 0. The van der Waals surface area contributed by atoms with Gasteiger partial charge in [0.15, 0.2) is 15.7 Å². The molecule has 3 heterocycles. The molecule has 92 valence electrons. The molecule has 0 aliphatic heterocycles. The Kier molecular flexibility index (Phi) is 2.20. The zero-order valence-corrected chi connectivity index (χ0v) is 11.0.